The van der Waals surface area contributed by atoms with E-state index in [0.717, 1.165) is 24.2 Å². The molecule has 0 aliphatic heterocycles. The summed E-state index contributed by atoms with van der Waals surface area (Å²) in [4.78, 5) is 23.6. The van der Waals surface area contributed by atoms with Gasteiger partial charge in [-0.3, -0.25) is 4.79 Å². The average Bonchev–Trinajstić information content (AvgIpc) is 3.15. The van der Waals surface area contributed by atoms with E-state index in [1.807, 2.05) is 21.0 Å². The Morgan fingerprint density at radius 3 is 2.65 bits per heavy atom. The second-order valence-corrected chi connectivity index (χ2v) is 8.82. The minimum Gasteiger partial charge on any atom is -0.353 e. The molecule has 0 aliphatic carbocycles. The summed E-state index contributed by atoms with van der Waals surface area (Å²) in [5.74, 6) is 0.382. The summed E-state index contributed by atoms with van der Waals surface area (Å²) in [5, 5.41) is 14.3. The van der Waals surface area contributed by atoms with E-state index in [2.05, 4.69) is 35.9 Å². The first kappa shape index (κ1) is 25.9. The number of anilines is 4. The molecule has 2 aromatic carbocycles. The van der Waals surface area contributed by atoms with Crippen molar-refractivity contribution in [2.24, 2.45) is 7.05 Å². The van der Waals surface area contributed by atoms with Gasteiger partial charge in [0.25, 0.3) is 5.91 Å². The number of aryl methyl sites for hydroxylation is 2. The number of hydrogen-bond donors (Lipinski definition) is 3. The van der Waals surface area contributed by atoms with E-state index in [-0.39, 0.29) is 5.56 Å². The number of aromatic nitrogens is 4. The number of carbonyl (C=O) groups is 1. The second-order valence-electron chi connectivity index (χ2n) is 8.82. The summed E-state index contributed by atoms with van der Waals surface area (Å²) >= 11 is 0. The zero-order valence-corrected chi connectivity index (χ0v) is 20.8. The minimum absolute atomic E-state index is 0.0900. The van der Waals surface area contributed by atoms with Gasteiger partial charge in [-0.05, 0) is 56.9 Å². The van der Waals surface area contributed by atoms with Crippen LogP contribution in [0.1, 0.15) is 21.5 Å². The zero-order chi connectivity index (χ0) is 26.7. The molecule has 2 aromatic heterocycles. The van der Waals surface area contributed by atoms with Crippen LogP contribution in [0.2, 0.25) is 0 Å². The van der Waals surface area contributed by atoms with Crippen LogP contribution in [0.4, 0.5) is 36.3 Å². The van der Waals surface area contributed by atoms with Crippen LogP contribution in [0, 0.1) is 6.92 Å². The van der Waals surface area contributed by atoms with Crippen molar-refractivity contribution in [1.82, 2.24) is 24.6 Å². The van der Waals surface area contributed by atoms with Gasteiger partial charge in [-0.15, -0.1) is 0 Å². The molecule has 0 bridgehead atoms. The molecule has 4 aromatic rings. The lowest BCUT2D eigenvalue weighted by molar-refractivity contribution is -0.137. The van der Waals surface area contributed by atoms with Crippen molar-refractivity contribution >= 4 is 40.1 Å². The van der Waals surface area contributed by atoms with E-state index in [4.69, 9.17) is 0 Å². The van der Waals surface area contributed by atoms with Gasteiger partial charge >= 0.3 is 6.18 Å². The summed E-state index contributed by atoms with van der Waals surface area (Å²) in [7, 11) is 5.75. The zero-order valence-electron chi connectivity index (χ0n) is 20.8. The SMILES string of the molecule is Cc1ccc(NC(=O)c2cccc(C(F)(F)F)c2)cc1Nc1nn(C)c2nc(NCCN(C)C)ncc12. The van der Waals surface area contributed by atoms with Crippen molar-refractivity contribution in [3.63, 3.8) is 0 Å². The van der Waals surface area contributed by atoms with E-state index < -0.39 is 17.6 Å². The van der Waals surface area contributed by atoms with E-state index >= 15 is 0 Å². The number of hydrogen-bond acceptors (Lipinski definition) is 7. The molecule has 0 unspecified atom stereocenters. The van der Waals surface area contributed by atoms with Crippen LogP contribution in [0.15, 0.2) is 48.7 Å². The Kier molecular flexibility index (Phi) is 7.30. The van der Waals surface area contributed by atoms with Gasteiger partial charge in [0, 0.05) is 43.3 Å². The summed E-state index contributed by atoms with van der Waals surface area (Å²) in [6.45, 7) is 3.41. The lowest BCUT2D eigenvalue weighted by Crippen LogP contribution is -2.21. The largest absolute Gasteiger partial charge is 0.416 e. The number of fused-ring (bicyclic) bond motifs is 1. The maximum Gasteiger partial charge on any atom is 0.416 e. The Balaban J connectivity index is 1.53. The van der Waals surface area contributed by atoms with E-state index in [9.17, 15) is 18.0 Å². The number of rotatable bonds is 8. The van der Waals surface area contributed by atoms with Crippen LogP contribution in [-0.2, 0) is 13.2 Å². The molecule has 0 saturated heterocycles. The van der Waals surface area contributed by atoms with E-state index in [1.54, 1.807) is 36.1 Å². The fourth-order valence-electron chi connectivity index (χ4n) is 3.61. The Labute approximate surface area is 211 Å². The Morgan fingerprint density at radius 2 is 1.92 bits per heavy atom. The molecule has 3 N–H and O–H groups in total. The number of nitrogens with one attached hydrogen (secondary N) is 3. The molecule has 0 aliphatic rings. The molecule has 0 atom stereocenters. The Morgan fingerprint density at radius 1 is 1.14 bits per heavy atom. The first-order valence-electron chi connectivity index (χ1n) is 11.5. The predicted octanol–water partition coefficient (Wildman–Crippen LogP) is 4.66. The maximum absolute atomic E-state index is 13.0. The van der Waals surface area contributed by atoms with Gasteiger partial charge in [-0.2, -0.15) is 23.3 Å². The molecule has 0 saturated carbocycles. The van der Waals surface area contributed by atoms with Crippen molar-refractivity contribution in [1.29, 1.82) is 0 Å². The van der Waals surface area contributed by atoms with Gasteiger partial charge in [0.15, 0.2) is 11.5 Å². The Hall–Kier alpha value is -4.19. The molecular formula is C25H27F3N8O. The van der Waals surface area contributed by atoms with Crippen LogP contribution in [0.5, 0.6) is 0 Å². The molecule has 37 heavy (non-hydrogen) atoms. The normalized spacial score (nSPS) is 11.7. The number of nitrogens with zero attached hydrogens (tertiary/aromatic N) is 5. The van der Waals surface area contributed by atoms with Crippen LogP contribution in [0.3, 0.4) is 0 Å². The highest BCUT2D eigenvalue weighted by molar-refractivity contribution is 6.04. The minimum atomic E-state index is -4.53. The van der Waals surface area contributed by atoms with E-state index in [0.29, 0.717) is 40.7 Å². The monoisotopic (exact) mass is 512 g/mol. The second kappa shape index (κ2) is 10.4. The highest BCUT2D eigenvalue weighted by Crippen LogP contribution is 2.31. The number of alkyl halides is 3. The molecule has 0 fully saturated rings. The molecule has 0 radical (unpaired) electrons. The quantitative estimate of drug-likeness (QED) is 0.316. The van der Waals surface area contributed by atoms with Crippen LogP contribution >= 0.6 is 0 Å². The highest BCUT2D eigenvalue weighted by Gasteiger charge is 2.30. The standard InChI is InChI=1S/C25H27F3N8O/c1-15-8-9-18(31-23(37)16-6-5-7-17(12-16)25(26,27)28)13-20(15)32-21-19-14-30-24(29-10-11-35(2)3)33-22(19)36(4)34-21/h5-9,12-14H,10-11H2,1-4H3,(H,31,37)(H,32,34)(H,29,30,33). The molecule has 9 nitrogen and oxygen atoms in total. The van der Waals surface area contributed by atoms with Crippen molar-refractivity contribution in [2.75, 3.05) is 43.1 Å². The first-order valence-corrected chi connectivity index (χ1v) is 11.5. The lowest BCUT2D eigenvalue weighted by Gasteiger charge is -2.12. The van der Waals surface area contributed by atoms with Crippen LogP contribution in [-0.4, -0.2) is 57.7 Å². The molecule has 0 spiro atoms. The molecule has 1 amide bonds. The number of carbonyl (C=O) groups excluding carboxylic acids is 1. The third-order valence-corrected chi connectivity index (χ3v) is 5.62. The summed E-state index contributed by atoms with van der Waals surface area (Å²) in [5.41, 5.74) is 1.61. The molecule has 12 heteroatoms. The third kappa shape index (κ3) is 6.15. The smallest absolute Gasteiger partial charge is 0.353 e. The van der Waals surface area contributed by atoms with Crippen molar-refractivity contribution in [3.8, 4) is 0 Å². The maximum atomic E-state index is 13.0. The predicted molar refractivity (Wildman–Crippen MR) is 137 cm³/mol. The summed E-state index contributed by atoms with van der Waals surface area (Å²) < 4.78 is 40.7. The lowest BCUT2D eigenvalue weighted by atomic mass is 10.1. The van der Waals surface area contributed by atoms with Crippen molar-refractivity contribution < 1.29 is 18.0 Å². The third-order valence-electron chi connectivity index (χ3n) is 5.62. The highest BCUT2D eigenvalue weighted by atomic mass is 19.4. The van der Waals surface area contributed by atoms with Crippen LogP contribution < -0.4 is 16.0 Å². The first-order chi connectivity index (χ1) is 17.5. The van der Waals surface area contributed by atoms with Gasteiger partial charge in [0.2, 0.25) is 5.95 Å². The van der Waals surface area contributed by atoms with Gasteiger partial charge < -0.3 is 20.9 Å². The molecule has 194 valence electrons. The van der Waals surface area contributed by atoms with Crippen molar-refractivity contribution in [3.05, 3.63) is 65.4 Å². The summed E-state index contributed by atoms with van der Waals surface area (Å²) in [6, 6.07) is 9.45. The van der Waals surface area contributed by atoms with Gasteiger partial charge in [-0.1, -0.05) is 12.1 Å². The number of halogens is 3. The number of benzene rings is 2. The summed E-state index contributed by atoms with van der Waals surface area (Å²) in [6.07, 6.45) is -2.85. The van der Waals surface area contributed by atoms with Gasteiger partial charge in [0.05, 0.1) is 10.9 Å². The fourth-order valence-corrected chi connectivity index (χ4v) is 3.61. The van der Waals surface area contributed by atoms with Gasteiger partial charge in [0.1, 0.15) is 0 Å². The van der Waals surface area contributed by atoms with Crippen LogP contribution in [0.25, 0.3) is 11.0 Å². The average molecular weight is 513 g/mol. The van der Waals surface area contributed by atoms with Gasteiger partial charge in [-0.25, -0.2) is 9.67 Å². The number of amides is 1. The van der Waals surface area contributed by atoms with E-state index in [1.165, 1.54) is 12.1 Å². The molecular weight excluding hydrogens is 485 g/mol. The van der Waals surface area contributed by atoms with Crippen molar-refractivity contribution in [2.45, 2.75) is 13.1 Å². The Bertz CT molecular complexity index is 1430. The topological polar surface area (TPSA) is 100 Å². The number of likely N-dealkylation sites (N-methyl/N-ethyl adjacent to an activating group) is 1. The molecule has 4 rings (SSSR count). The molecule has 2 heterocycles. The fraction of sp³-hybridized carbons (Fsp3) is 0.280.